The average molecular weight is 313 g/mol. The van der Waals surface area contributed by atoms with Crippen molar-refractivity contribution in [3.8, 4) is 0 Å². The summed E-state index contributed by atoms with van der Waals surface area (Å²) in [6.07, 6.45) is 0.0294. The van der Waals surface area contributed by atoms with Crippen molar-refractivity contribution in [1.29, 1.82) is 0 Å². The van der Waals surface area contributed by atoms with Crippen LogP contribution >= 0.6 is 0 Å². The number of urea groups is 1. The predicted octanol–water partition coefficient (Wildman–Crippen LogP) is 0.165. The molecule has 0 aliphatic carbocycles. The molecule has 0 unspecified atom stereocenters. The van der Waals surface area contributed by atoms with E-state index in [0.29, 0.717) is 13.0 Å². The number of amides is 4. The number of ether oxygens (including phenoxy) is 1. The molecule has 22 heavy (non-hydrogen) atoms. The summed E-state index contributed by atoms with van der Waals surface area (Å²) in [5.41, 5.74) is -0.486. The van der Waals surface area contributed by atoms with Crippen molar-refractivity contribution in [2.75, 3.05) is 13.1 Å². The van der Waals surface area contributed by atoms with Gasteiger partial charge in [-0.05, 0) is 34.1 Å². The van der Waals surface area contributed by atoms with E-state index in [1.165, 1.54) is 11.8 Å². The lowest BCUT2D eigenvalue weighted by Crippen LogP contribution is -2.50. The standard InChI is InChI=1S/C14H23N3O5/c1-9(12(20)15-13(21)16-14(2,3)4)22-11(19)8-17-7-5-6-10(17)18/h9H,5-8H2,1-4H3,(H2,15,16,20,21)/t9-/m0/s1. The number of imide groups is 1. The molecule has 2 N–H and O–H groups in total. The lowest BCUT2D eigenvalue weighted by Gasteiger charge is -2.21. The van der Waals surface area contributed by atoms with Crippen molar-refractivity contribution in [3.05, 3.63) is 0 Å². The zero-order chi connectivity index (χ0) is 16.9. The topological polar surface area (TPSA) is 105 Å². The first-order valence-electron chi connectivity index (χ1n) is 7.19. The van der Waals surface area contributed by atoms with Crippen LogP contribution in [-0.2, 0) is 19.1 Å². The molecule has 1 atom stereocenters. The number of nitrogens with zero attached hydrogens (tertiary/aromatic N) is 1. The number of rotatable bonds is 4. The van der Waals surface area contributed by atoms with Crippen LogP contribution in [0.2, 0.25) is 0 Å². The van der Waals surface area contributed by atoms with Crippen LogP contribution in [0.1, 0.15) is 40.5 Å². The van der Waals surface area contributed by atoms with Gasteiger partial charge in [0.15, 0.2) is 6.10 Å². The Bertz CT molecular complexity index is 470. The van der Waals surface area contributed by atoms with E-state index in [1.807, 2.05) is 0 Å². The van der Waals surface area contributed by atoms with Crippen LogP contribution in [0.5, 0.6) is 0 Å². The summed E-state index contributed by atoms with van der Waals surface area (Å²) in [6, 6.07) is -0.657. The molecule has 1 heterocycles. The van der Waals surface area contributed by atoms with E-state index in [9.17, 15) is 19.2 Å². The highest BCUT2D eigenvalue weighted by molar-refractivity contribution is 5.97. The molecular formula is C14H23N3O5. The van der Waals surface area contributed by atoms with E-state index in [1.54, 1.807) is 20.8 Å². The molecule has 0 aromatic rings. The summed E-state index contributed by atoms with van der Waals surface area (Å²) in [6.45, 7) is 7.02. The van der Waals surface area contributed by atoms with Gasteiger partial charge in [-0.1, -0.05) is 0 Å². The maximum atomic E-state index is 11.7. The van der Waals surface area contributed by atoms with Crippen molar-refractivity contribution < 1.29 is 23.9 Å². The first-order valence-corrected chi connectivity index (χ1v) is 7.19. The third kappa shape index (κ3) is 6.11. The minimum Gasteiger partial charge on any atom is -0.451 e. The maximum Gasteiger partial charge on any atom is 0.326 e. The second-order valence-electron chi connectivity index (χ2n) is 6.24. The van der Waals surface area contributed by atoms with Crippen molar-refractivity contribution in [2.45, 2.75) is 52.2 Å². The molecular weight excluding hydrogens is 290 g/mol. The van der Waals surface area contributed by atoms with Crippen LogP contribution in [0.4, 0.5) is 4.79 Å². The van der Waals surface area contributed by atoms with Crippen LogP contribution in [0.25, 0.3) is 0 Å². The molecule has 0 radical (unpaired) electrons. The molecule has 1 saturated heterocycles. The van der Waals surface area contributed by atoms with E-state index >= 15 is 0 Å². The monoisotopic (exact) mass is 313 g/mol. The molecule has 0 aromatic heterocycles. The smallest absolute Gasteiger partial charge is 0.326 e. The van der Waals surface area contributed by atoms with Gasteiger partial charge in [0, 0.05) is 18.5 Å². The second-order valence-corrected chi connectivity index (χ2v) is 6.24. The minimum atomic E-state index is -1.11. The van der Waals surface area contributed by atoms with Crippen LogP contribution in [0.15, 0.2) is 0 Å². The Hall–Kier alpha value is -2.12. The fraction of sp³-hybridized carbons (Fsp3) is 0.714. The molecule has 4 amide bonds. The van der Waals surface area contributed by atoms with E-state index in [4.69, 9.17) is 4.74 Å². The van der Waals surface area contributed by atoms with Crippen LogP contribution in [-0.4, -0.2) is 53.4 Å². The Morgan fingerprint density at radius 1 is 1.32 bits per heavy atom. The molecule has 0 aromatic carbocycles. The fourth-order valence-electron chi connectivity index (χ4n) is 1.90. The van der Waals surface area contributed by atoms with E-state index in [0.717, 1.165) is 6.42 Å². The highest BCUT2D eigenvalue weighted by Crippen LogP contribution is 2.09. The summed E-state index contributed by atoms with van der Waals surface area (Å²) in [5.74, 6) is -1.49. The number of esters is 1. The van der Waals surface area contributed by atoms with Crippen LogP contribution in [0, 0.1) is 0 Å². The van der Waals surface area contributed by atoms with Crippen molar-refractivity contribution in [1.82, 2.24) is 15.5 Å². The summed E-state index contributed by atoms with van der Waals surface area (Å²) >= 11 is 0. The quantitative estimate of drug-likeness (QED) is 0.720. The molecule has 1 aliphatic rings. The molecule has 0 spiro atoms. The van der Waals surface area contributed by atoms with Crippen molar-refractivity contribution >= 4 is 23.8 Å². The first kappa shape index (κ1) is 17.9. The molecule has 8 nitrogen and oxygen atoms in total. The maximum absolute atomic E-state index is 11.7. The van der Waals surface area contributed by atoms with E-state index < -0.39 is 29.6 Å². The molecule has 1 aliphatic heterocycles. The third-order valence-corrected chi connectivity index (χ3v) is 2.89. The Balaban J connectivity index is 2.38. The number of likely N-dealkylation sites (tertiary alicyclic amines) is 1. The van der Waals surface area contributed by atoms with E-state index in [-0.39, 0.29) is 12.5 Å². The lowest BCUT2D eigenvalue weighted by molar-refractivity contribution is -0.156. The molecule has 8 heteroatoms. The van der Waals surface area contributed by atoms with Gasteiger partial charge in [0.1, 0.15) is 6.54 Å². The zero-order valence-electron chi connectivity index (χ0n) is 13.4. The Morgan fingerprint density at radius 3 is 2.45 bits per heavy atom. The van der Waals surface area contributed by atoms with Crippen LogP contribution in [0.3, 0.4) is 0 Å². The van der Waals surface area contributed by atoms with Gasteiger partial charge in [-0.3, -0.25) is 19.7 Å². The molecule has 1 rings (SSSR count). The highest BCUT2D eigenvalue weighted by Gasteiger charge is 2.26. The highest BCUT2D eigenvalue weighted by atomic mass is 16.5. The van der Waals surface area contributed by atoms with Gasteiger partial charge >= 0.3 is 12.0 Å². The summed E-state index contributed by atoms with van der Waals surface area (Å²) in [7, 11) is 0. The summed E-state index contributed by atoms with van der Waals surface area (Å²) in [4.78, 5) is 47.8. The van der Waals surface area contributed by atoms with E-state index in [2.05, 4.69) is 10.6 Å². The van der Waals surface area contributed by atoms with Gasteiger partial charge in [0.05, 0.1) is 0 Å². The normalized spacial score (nSPS) is 16.2. The zero-order valence-corrected chi connectivity index (χ0v) is 13.4. The number of carbonyl (C=O) groups is 4. The number of nitrogens with one attached hydrogen (secondary N) is 2. The minimum absolute atomic E-state index is 0.0985. The SMILES string of the molecule is C[C@H](OC(=O)CN1CCCC1=O)C(=O)NC(=O)NC(C)(C)C. The Labute approximate surface area is 129 Å². The Morgan fingerprint density at radius 2 is 1.95 bits per heavy atom. The molecule has 1 fully saturated rings. The molecule has 124 valence electrons. The second kappa shape index (κ2) is 7.24. The van der Waals surface area contributed by atoms with Gasteiger partial charge in [-0.2, -0.15) is 0 Å². The molecule has 0 saturated carbocycles. The lowest BCUT2D eigenvalue weighted by atomic mass is 10.1. The third-order valence-electron chi connectivity index (χ3n) is 2.89. The van der Waals surface area contributed by atoms with Crippen LogP contribution < -0.4 is 10.6 Å². The predicted molar refractivity (Wildman–Crippen MR) is 77.8 cm³/mol. The van der Waals surface area contributed by atoms with Gasteiger partial charge in [-0.25, -0.2) is 4.79 Å². The number of hydrogen-bond donors (Lipinski definition) is 2. The Kier molecular flexibility index (Phi) is 5.90. The first-order chi connectivity index (χ1) is 10.1. The van der Waals surface area contributed by atoms with Crippen molar-refractivity contribution in [2.24, 2.45) is 0 Å². The van der Waals surface area contributed by atoms with Gasteiger partial charge < -0.3 is 15.0 Å². The number of hydrogen-bond acceptors (Lipinski definition) is 5. The van der Waals surface area contributed by atoms with Gasteiger partial charge in [0.25, 0.3) is 5.91 Å². The largest absolute Gasteiger partial charge is 0.451 e. The average Bonchev–Trinajstić information content (AvgIpc) is 2.72. The van der Waals surface area contributed by atoms with Gasteiger partial charge in [0.2, 0.25) is 5.91 Å². The number of carbonyl (C=O) groups excluding carboxylic acids is 4. The fourth-order valence-corrected chi connectivity index (χ4v) is 1.90. The van der Waals surface area contributed by atoms with Gasteiger partial charge in [-0.15, -0.1) is 0 Å². The molecule has 0 bridgehead atoms. The van der Waals surface area contributed by atoms with Crippen molar-refractivity contribution in [3.63, 3.8) is 0 Å². The summed E-state index contributed by atoms with van der Waals surface area (Å²) in [5, 5.41) is 4.66. The summed E-state index contributed by atoms with van der Waals surface area (Å²) < 4.78 is 4.93.